The van der Waals surface area contributed by atoms with E-state index in [1.807, 2.05) is 12.1 Å². The summed E-state index contributed by atoms with van der Waals surface area (Å²) in [4.78, 5) is 0. The van der Waals surface area contributed by atoms with Gasteiger partial charge in [-0.1, -0.05) is 24.3 Å². The Morgan fingerprint density at radius 3 is 2.65 bits per heavy atom. The van der Waals surface area contributed by atoms with Crippen LogP contribution in [0.25, 0.3) is 0 Å². The van der Waals surface area contributed by atoms with Crippen molar-refractivity contribution in [3.8, 4) is 0 Å². The maximum atomic E-state index is 8.94. The molecule has 0 amide bonds. The van der Waals surface area contributed by atoms with E-state index in [1.165, 1.54) is 0 Å². The Morgan fingerprint density at radius 2 is 2.06 bits per heavy atom. The topological polar surface area (TPSA) is 58.9 Å². The van der Waals surface area contributed by atoms with Crippen molar-refractivity contribution in [2.75, 3.05) is 13.2 Å². The lowest BCUT2D eigenvalue weighted by molar-refractivity contribution is 0.0106. The van der Waals surface area contributed by atoms with Gasteiger partial charge in [0, 0.05) is 6.61 Å². The molecule has 1 atom stereocenters. The van der Waals surface area contributed by atoms with E-state index in [1.54, 1.807) is 12.1 Å². The van der Waals surface area contributed by atoms with Gasteiger partial charge in [0.25, 0.3) is 0 Å². The summed E-state index contributed by atoms with van der Waals surface area (Å²) in [6, 6.07) is 7.05. The van der Waals surface area contributed by atoms with Gasteiger partial charge in [-0.15, -0.1) is 0 Å². The second kappa shape index (κ2) is 6.16. The summed E-state index contributed by atoms with van der Waals surface area (Å²) in [5.74, 6) is 0. The zero-order valence-electron chi connectivity index (χ0n) is 9.71. The van der Waals surface area contributed by atoms with Crippen LogP contribution in [0.1, 0.15) is 18.4 Å². The van der Waals surface area contributed by atoms with Crippen LogP contribution >= 0.6 is 0 Å². The SMILES string of the molecule is OB(O)c1ccc(COCC2CCCO2)cc1. The van der Waals surface area contributed by atoms with E-state index < -0.39 is 7.12 Å². The Kier molecular flexibility index (Phi) is 4.56. The summed E-state index contributed by atoms with van der Waals surface area (Å²) < 4.78 is 11.0. The molecule has 1 saturated heterocycles. The highest BCUT2D eigenvalue weighted by Crippen LogP contribution is 2.12. The van der Waals surface area contributed by atoms with Crippen molar-refractivity contribution in [2.45, 2.75) is 25.6 Å². The van der Waals surface area contributed by atoms with Crippen molar-refractivity contribution in [3.63, 3.8) is 0 Å². The van der Waals surface area contributed by atoms with Crippen LogP contribution in [0, 0.1) is 0 Å². The van der Waals surface area contributed by atoms with Gasteiger partial charge in [0.15, 0.2) is 0 Å². The highest BCUT2D eigenvalue weighted by Gasteiger charge is 2.15. The van der Waals surface area contributed by atoms with Crippen LogP contribution < -0.4 is 5.46 Å². The van der Waals surface area contributed by atoms with Crippen molar-refractivity contribution in [3.05, 3.63) is 29.8 Å². The lowest BCUT2D eigenvalue weighted by Gasteiger charge is -2.10. The third-order valence-corrected chi connectivity index (χ3v) is 2.87. The summed E-state index contributed by atoms with van der Waals surface area (Å²) in [7, 11) is -1.41. The highest BCUT2D eigenvalue weighted by atomic mass is 16.5. The predicted molar refractivity (Wildman–Crippen MR) is 64.9 cm³/mol. The molecule has 0 aromatic heterocycles. The number of benzene rings is 1. The van der Waals surface area contributed by atoms with Crippen molar-refractivity contribution in [1.82, 2.24) is 0 Å². The molecule has 0 aliphatic carbocycles. The van der Waals surface area contributed by atoms with Gasteiger partial charge in [-0.05, 0) is 23.9 Å². The molecule has 0 saturated carbocycles. The van der Waals surface area contributed by atoms with Crippen LogP contribution in [0.15, 0.2) is 24.3 Å². The Balaban J connectivity index is 1.74. The molecule has 5 heteroatoms. The normalized spacial score (nSPS) is 19.5. The Hall–Kier alpha value is -0.875. The standard InChI is InChI=1S/C12H17BO4/c14-13(15)11-5-3-10(4-6-11)8-16-9-12-2-1-7-17-12/h3-6,12,14-15H,1-2,7-9H2. The van der Waals surface area contributed by atoms with Gasteiger partial charge in [0.1, 0.15) is 0 Å². The minimum absolute atomic E-state index is 0.244. The predicted octanol–water partition coefficient (Wildman–Crippen LogP) is 0.0620. The van der Waals surface area contributed by atoms with Crippen LogP contribution in [0.4, 0.5) is 0 Å². The lowest BCUT2D eigenvalue weighted by atomic mass is 9.80. The quantitative estimate of drug-likeness (QED) is 0.710. The van der Waals surface area contributed by atoms with Gasteiger partial charge in [-0.3, -0.25) is 0 Å². The van der Waals surface area contributed by atoms with Crippen LogP contribution in [-0.4, -0.2) is 36.5 Å². The molecule has 1 aliphatic heterocycles. The van der Waals surface area contributed by atoms with Crippen molar-refractivity contribution in [2.24, 2.45) is 0 Å². The summed E-state index contributed by atoms with van der Waals surface area (Å²) in [6.07, 6.45) is 2.45. The van der Waals surface area contributed by atoms with E-state index in [0.717, 1.165) is 25.0 Å². The maximum absolute atomic E-state index is 8.94. The second-order valence-corrected chi connectivity index (χ2v) is 4.27. The zero-order valence-corrected chi connectivity index (χ0v) is 9.71. The van der Waals surface area contributed by atoms with Crippen LogP contribution in [-0.2, 0) is 16.1 Å². The van der Waals surface area contributed by atoms with Crippen molar-refractivity contribution >= 4 is 12.6 Å². The molecular formula is C12H17BO4. The Labute approximate surface area is 101 Å². The fourth-order valence-electron chi connectivity index (χ4n) is 1.87. The first-order valence-electron chi connectivity index (χ1n) is 5.90. The maximum Gasteiger partial charge on any atom is 0.488 e. The fourth-order valence-corrected chi connectivity index (χ4v) is 1.87. The third-order valence-electron chi connectivity index (χ3n) is 2.87. The molecule has 2 rings (SSSR count). The van der Waals surface area contributed by atoms with E-state index in [2.05, 4.69) is 0 Å². The average Bonchev–Trinajstić information content (AvgIpc) is 2.83. The molecule has 0 bridgehead atoms. The van der Waals surface area contributed by atoms with E-state index in [9.17, 15) is 0 Å². The molecular weight excluding hydrogens is 219 g/mol. The molecule has 1 aromatic carbocycles. The summed E-state index contributed by atoms with van der Waals surface area (Å²) in [5, 5.41) is 17.9. The number of rotatable bonds is 5. The van der Waals surface area contributed by atoms with Gasteiger partial charge in [0.05, 0.1) is 19.3 Å². The molecule has 17 heavy (non-hydrogen) atoms. The molecule has 1 aromatic rings. The van der Waals surface area contributed by atoms with Crippen LogP contribution in [0.5, 0.6) is 0 Å². The molecule has 4 nitrogen and oxygen atoms in total. The molecule has 2 N–H and O–H groups in total. The van der Waals surface area contributed by atoms with E-state index in [0.29, 0.717) is 18.7 Å². The van der Waals surface area contributed by atoms with Crippen molar-refractivity contribution in [1.29, 1.82) is 0 Å². The molecule has 1 fully saturated rings. The summed E-state index contributed by atoms with van der Waals surface area (Å²) in [6.45, 7) is 2.00. The average molecular weight is 236 g/mol. The van der Waals surface area contributed by atoms with E-state index in [4.69, 9.17) is 19.5 Å². The minimum atomic E-state index is -1.41. The van der Waals surface area contributed by atoms with E-state index >= 15 is 0 Å². The Bertz CT molecular complexity index is 333. The monoisotopic (exact) mass is 236 g/mol. The van der Waals surface area contributed by atoms with Gasteiger partial charge in [-0.2, -0.15) is 0 Å². The molecule has 1 heterocycles. The first-order chi connectivity index (χ1) is 8.25. The molecule has 0 spiro atoms. The van der Waals surface area contributed by atoms with Crippen molar-refractivity contribution < 1.29 is 19.5 Å². The van der Waals surface area contributed by atoms with Gasteiger partial charge in [0.2, 0.25) is 0 Å². The Morgan fingerprint density at radius 1 is 1.29 bits per heavy atom. The smallest absolute Gasteiger partial charge is 0.423 e. The largest absolute Gasteiger partial charge is 0.488 e. The summed E-state index contributed by atoms with van der Waals surface area (Å²) in [5.41, 5.74) is 1.51. The first kappa shape index (κ1) is 12.6. The van der Waals surface area contributed by atoms with Crippen LogP contribution in [0.3, 0.4) is 0 Å². The minimum Gasteiger partial charge on any atom is -0.423 e. The second-order valence-electron chi connectivity index (χ2n) is 4.27. The fraction of sp³-hybridized carbons (Fsp3) is 0.500. The molecule has 92 valence electrons. The lowest BCUT2D eigenvalue weighted by Crippen LogP contribution is -2.29. The highest BCUT2D eigenvalue weighted by molar-refractivity contribution is 6.58. The van der Waals surface area contributed by atoms with Gasteiger partial charge in [-0.25, -0.2) is 0 Å². The van der Waals surface area contributed by atoms with Gasteiger partial charge >= 0.3 is 7.12 Å². The molecule has 1 aliphatic rings. The first-order valence-corrected chi connectivity index (χ1v) is 5.90. The van der Waals surface area contributed by atoms with Gasteiger partial charge < -0.3 is 19.5 Å². The van der Waals surface area contributed by atoms with Crippen LogP contribution in [0.2, 0.25) is 0 Å². The number of ether oxygens (including phenoxy) is 2. The number of hydrogen-bond acceptors (Lipinski definition) is 4. The molecule has 0 radical (unpaired) electrons. The third kappa shape index (κ3) is 3.82. The van der Waals surface area contributed by atoms with E-state index in [-0.39, 0.29) is 6.10 Å². The summed E-state index contributed by atoms with van der Waals surface area (Å²) >= 11 is 0. The number of hydrogen-bond donors (Lipinski definition) is 2. The molecule has 1 unspecified atom stereocenters. The zero-order chi connectivity index (χ0) is 12.1.